The molecule has 0 aliphatic carbocycles. The fourth-order valence-corrected chi connectivity index (χ4v) is 1.35. The Hall–Kier alpha value is -2.11. The summed E-state index contributed by atoms with van der Waals surface area (Å²) in [6.07, 6.45) is 0. The lowest BCUT2D eigenvalue weighted by molar-refractivity contribution is -0.141. The highest BCUT2D eigenvalue weighted by Crippen LogP contribution is 2.14. The first kappa shape index (κ1) is 14.0. The Morgan fingerprint density at radius 3 is 2.56 bits per heavy atom. The lowest BCUT2D eigenvalue weighted by Crippen LogP contribution is -2.40. The van der Waals surface area contributed by atoms with Crippen molar-refractivity contribution in [1.29, 1.82) is 0 Å². The predicted octanol–water partition coefficient (Wildman–Crippen LogP) is 1.25. The van der Waals surface area contributed by atoms with E-state index in [2.05, 4.69) is 5.32 Å². The SMILES string of the molecule is CC(NC(=O)c1cc(F)ccc1N)C(C)C(=O)O. The summed E-state index contributed by atoms with van der Waals surface area (Å²) in [7, 11) is 0. The molecule has 18 heavy (non-hydrogen) atoms. The summed E-state index contributed by atoms with van der Waals surface area (Å²) in [6.45, 7) is 3.04. The molecule has 0 radical (unpaired) electrons. The maximum absolute atomic E-state index is 13.0. The van der Waals surface area contributed by atoms with Crippen LogP contribution >= 0.6 is 0 Å². The molecule has 0 saturated heterocycles. The third-order valence-electron chi connectivity index (χ3n) is 2.76. The van der Waals surface area contributed by atoms with Crippen LogP contribution < -0.4 is 11.1 Å². The maximum Gasteiger partial charge on any atom is 0.308 e. The van der Waals surface area contributed by atoms with Crippen LogP contribution in [0.15, 0.2) is 18.2 Å². The molecule has 2 atom stereocenters. The number of amides is 1. The zero-order valence-electron chi connectivity index (χ0n) is 10.1. The fraction of sp³-hybridized carbons (Fsp3) is 0.333. The second-order valence-electron chi connectivity index (χ2n) is 4.12. The molecule has 5 nitrogen and oxygen atoms in total. The Labute approximate surface area is 104 Å². The number of hydrogen-bond acceptors (Lipinski definition) is 3. The van der Waals surface area contributed by atoms with Crippen molar-refractivity contribution in [3.05, 3.63) is 29.6 Å². The summed E-state index contributed by atoms with van der Waals surface area (Å²) in [6, 6.07) is 2.87. The lowest BCUT2D eigenvalue weighted by atomic mass is 10.0. The highest BCUT2D eigenvalue weighted by atomic mass is 19.1. The van der Waals surface area contributed by atoms with Crippen LogP contribution in [0.5, 0.6) is 0 Å². The molecular weight excluding hydrogens is 239 g/mol. The van der Waals surface area contributed by atoms with Crippen molar-refractivity contribution in [3.63, 3.8) is 0 Å². The fourth-order valence-electron chi connectivity index (χ4n) is 1.35. The molecule has 4 N–H and O–H groups in total. The van der Waals surface area contributed by atoms with Crippen molar-refractivity contribution in [2.75, 3.05) is 5.73 Å². The van der Waals surface area contributed by atoms with Crippen molar-refractivity contribution in [2.24, 2.45) is 5.92 Å². The van der Waals surface area contributed by atoms with E-state index in [0.717, 1.165) is 12.1 Å². The van der Waals surface area contributed by atoms with Crippen LogP contribution in [0.2, 0.25) is 0 Å². The van der Waals surface area contributed by atoms with Gasteiger partial charge in [-0.25, -0.2) is 4.39 Å². The first-order chi connectivity index (χ1) is 8.32. The normalized spacial score (nSPS) is 13.7. The zero-order valence-corrected chi connectivity index (χ0v) is 10.1. The quantitative estimate of drug-likeness (QED) is 0.705. The molecule has 6 heteroatoms. The molecule has 0 aromatic heterocycles. The molecule has 1 aromatic rings. The van der Waals surface area contributed by atoms with E-state index < -0.39 is 29.7 Å². The number of carboxylic acid groups (broad SMARTS) is 1. The van der Waals surface area contributed by atoms with Gasteiger partial charge in [0.05, 0.1) is 11.5 Å². The van der Waals surface area contributed by atoms with Crippen LogP contribution in [0.25, 0.3) is 0 Å². The average molecular weight is 254 g/mol. The van der Waals surface area contributed by atoms with Gasteiger partial charge < -0.3 is 16.2 Å². The van der Waals surface area contributed by atoms with Crippen LogP contribution in [0.3, 0.4) is 0 Å². The lowest BCUT2D eigenvalue weighted by Gasteiger charge is -2.18. The summed E-state index contributed by atoms with van der Waals surface area (Å²) in [5.74, 6) is -2.93. The minimum absolute atomic E-state index is 0.000520. The van der Waals surface area contributed by atoms with Gasteiger partial charge in [0.15, 0.2) is 0 Å². The van der Waals surface area contributed by atoms with Crippen molar-refractivity contribution >= 4 is 17.6 Å². The molecule has 0 aliphatic heterocycles. The van der Waals surface area contributed by atoms with Gasteiger partial charge in [-0.05, 0) is 32.0 Å². The number of nitrogens with one attached hydrogen (secondary N) is 1. The summed E-state index contributed by atoms with van der Waals surface area (Å²) in [4.78, 5) is 22.5. The smallest absolute Gasteiger partial charge is 0.308 e. The maximum atomic E-state index is 13.0. The van der Waals surface area contributed by atoms with E-state index in [4.69, 9.17) is 10.8 Å². The second-order valence-corrected chi connectivity index (χ2v) is 4.12. The van der Waals surface area contributed by atoms with Crippen molar-refractivity contribution in [2.45, 2.75) is 19.9 Å². The number of hydrogen-bond donors (Lipinski definition) is 3. The first-order valence-electron chi connectivity index (χ1n) is 5.41. The molecule has 1 amide bonds. The van der Waals surface area contributed by atoms with Gasteiger partial charge >= 0.3 is 5.97 Å². The third-order valence-corrected chi connectivity index (χ3v) is 2.76. The molecule has 0 saturated carbocycles. The van der Waals surface area contributed by atoms with Crippen LogP contribution in [0, 0.1) is 11.7 Å². The predicted molar refractivity (Wildman–Crippen MR) is 64.5 cm³/mol. The van der Waals surface area contributed by atoms with Crippen LogP contribution in [0.1, 0.15) is 24.2 Å². The van der Waals surface area contributed by atoms with Crippen LogP contribution in [-0.4, -0.2) is 23.0 Å². The van der Waals surface area contributed by atoms with E-state index in [0.29, 0.717) is 0 Å². The number of benzene rings is 1. The van der Waals surface area contributed by atoms with Crippen molar-refractivity contribution < 1.29 is 19.1 Å². The minimum Gasteiger partial charge on any atom is -0.481 e. The van der Waals surface area contributed by atoms with Gasteiger partial charge in [0.1, 0.15) is 5.82 Å². The van der Waals surface area contributed by atoms with Gasteiger partial charge in [0, 0.05) is 11.7 Å². The van der Waals surface area contributed by atoms with Crippen LogP contribution in [-0.2, 0) is 4.79 Å². The molecule has 0 fully saturated rings. The topological polar surface area (TPSA) is 92.4 Å². The molecular formula is C12H15FN2O3. The molecule has 1 aromatic carbocycles. The number of carbonyl (C=O) groups excluding carboxylic acids is 1. The van der Waals surface area contributed by atoms with Gasteiger partial charge in [-0.15, -0.1) is 0 Å². The number of carbonyl (C=O) groups is 2. The number of halogens is 1. The van der Waals surface area contributed by atoms with E-state index in [1.807, 2.05) is 0 Å². The van der Waals surface area contributed by atoms with Gasteiger partial charge in [-0.2, -0.15) is 0 Å². The number of anilines is 1. The number of carboxylic acids is 1. The largest absolute Gasteiger partial charge is 0.481 e. The average Bonchev–Trinajstić information content (AvgIpc) is 2.30. The van der Waals surface area contributed by atoms with Crippen molar-refractivity contribution in [1.82, 2.24) is 5.32 Å². The number of aliphatic carboxylic acids is 1. The number of nitrogen functional groups attached to an aromatic ring is 1. The Kier molecular flexibility index (Phi) is 4.25. The summed E-state index contributed by atoms with van der Waals surface area (Å²) in [5, 5.41) is 11.3. The molecule has 0 aliphatic rings. The van der Waals surface area contributed by atoms with Gasteiger partial charge in [0.2, 0.25) is 0 Å². The summed E-state index contributed by atoms with van der Waals surface area (Å²) in [5.41, 5.74) is 5.70. The number of rotatable bonds is 4. The molecule has 2 unspecified atom stereocenters. The molecule has 98 valence electrons. The zero-order chi connectivity index (χ0) is 13.9. The molecule has 0 spiro atoms. The van der Waals surface area contributed by atoms with E-state index in [1.165, 1.54) is 13.0 Å². The summed E-state index contributed by atoms with van der Waals surface area (Å²) < 4.78 is 13.0. The van der Waals surface area contributed by atoms with E-state index in [1.54, 1.807) is 6.92 Å². The Morgan fingerprint density at radius 1 is 1.39 bits per heavy atom. The third kappa shape index (κ3) is 3.19. The standard InChI is InChI=1S/C12H15FN2O3/c1-6(12(17)18)7(2)15-11(16)9-5-8(13)3-4-10(9)14/h3-7H,14H2,1-2H3,(H,15,16)(H,17,18). The summed E-state index contributed by atoms with van der Waals surface area (Å²) >= 11 is 0. The van der Waals surface area contributed by atoms with Gasteiger partial charge in [-0.1, -0.05) is 0 Å². The van der Waals surface area contributed by atoms with E-state index in [9.17, 15) is 14.0 Å². The second kappa shape index (κ2) is 5.48. The molecule has 1 rings (SSSR count). The van der Waals surface area contributed by atoms with E-state index in [-0.39, 0.29) is 11.3 Å². The number of nitrogens with two attached hydrogens (primary N) is 1. The van der Waals surface area contributed by atoms with Crippen LogP contribution in [0.4, 0.5) is 10.1 Å². The van der Waals surface area contributed by atoms with Gasteiger partial charge in [0.25, 0.3) is 5.91 Å². The first-order valence-corrected chi connectivity index (χ1v) is 5.41. The van der Waals surface area contributed by atoms with Gasteiger partial charge in [-0.3, -0.25) is 9.59 Å². The van der Waals surface area contributed by atoms with Crippen molar-refractivity contribution in [3.8, 4) is 0 Å². The Bertz CT molecular complexity index is 476. The highest BCUT2D eigenvalue weighted by Gasteiger charge is 2.22. The monoisotopic (exact) mass is 254 g/mol. The molecule has 0 heterocycles. The van der Waals surface area contributed by atoms with E-state index >= 15 is 0 Å². The molecule has 0 bridgehead atoms. The Morgan fingerprint density at radius 2 is 2.00 bits per heavy atom. The minimum atomic E-state index is -1.02. The Balaban J connectivity index is 2.82. The highest BCUT2D eigenvalue weighted by molar-refractivity contribution is 5.99.